The number of amides is 1. The second-order valence-corrected chi connectivity index (χ2v) is 2.79. The topological polar surface area (TPSA) is 92.5 Å². The molecule has 0 saturated heterocycles. The predicted molar refractivity (Wildman–Crippen MR) is 49.4 cm³/mol. The number of nitrogens with one attached hydrogen (secondary N) is 1. The summed E-state index contributed by atoms with van der Waals surface area (Å²) < 4.78 is 13.1. The molecule has 0 heterocycles. The summed E-state index contributed by atoms with van der Waals surface area (Å²) in [6.07, 6.45) is -1.41. The highest BCUT2D eigenvalue weighted by Crippen LogP contribution is 2.25. The lowest BCUT2D eigenvalue weighted by Crippen LogP contribution is -2.08. The zero-order chi connectivity index (χ0) is 11.6. The fraction of sp³-hybridized carbons (Fsp3) is 0.125. The van der Waals surface area contributed by atoms with Crippen molar-refractivity contribution < 1.29 is 19.2 Å². The van der Waals surface area contributed by atoms with E-state index >= 15 is 0 Å². The van der Waals surface area contributed by atoms with E-state index in [1.165, 1.54) is 6.92 Å². The number of anilines is 1. The fourth-order valence-electron chi connectivity index (χ4n) is 1.05. The molecule has 1 aromatic rings. The molecule has 1 aromatic carbocycles. The lowest BCUT2D eigenvalue weighted by atomic mass is 10.1. The number of hydrogen-bond donors (Lipinski definition) is 2. The van der Waals surface area contributed by atoms with Gasteiger partial charge in [0, 0.05) is 6.07 Å². The van der Waals surface area contributed by atoms with E-state index in [1.807, 2.05) is 5.32 Å². The molecule has 6 nitrogen and oxygen atoms in total. The summed E-state index contributed by atoms with van der Waals surface area (Å²) in [5.41, 5.74) is -0.757. The van der Waals surface area contributed by atoms with Gasteiger partial charge in [-0.2, -0.15) is 0 Å². The first-order valence-electron chi connectivity index (χ1n) is 3.86. The number of carboxylic acid groups (broad SMARTS) is 1. The van der Waals surface area contributed by atoms with Crippen LogP contribution in [0.25, 0.3) is 0 Å². The molecule has 1 amide bonds. The highest BCUT2D eigenvalue weighted by molar-refractivity contribution is 5.83. The Morgan fingerprint density at radius 3 is 2.67 bits per heavy atom. The van der Waals surface area contributed by atoms with Gasteiger partial charge in [0.2, 0.25) is 0 Å². The molecule has 0 aliphatic heterocycles. The number of halogens is 1. The minimum absolute atomic E-state index is 0.129. The van der Waals surface area contributed by atoms with Gasteiger partial charge in [-0.05, 0) is 13.0 Å². The van der Waals surface area contributed by atoms with Gasteiger partial charge >= 0.3 is 6.09 Å². The molecule has 0 atom stereocenters. The van der Waals surface area contributed by atoms with E-state index in [0.29, 0.717) is 0 Å². The lowest BCUT2D eigenvalue weighted by molar-refractivity contribution is -0.385. The van der Waals surface area contributed by atoms with Crippen molar-refractivity contribution in [3.8, 4) is 0 Å². The molecule has 0 bridgehead atoms. The molecule has 0 radical (unpaired) electrons. The van der Waals surface area contributed by atoms with Gasteiger partial charge in [-0.25, -0.2) is 9.18 Å². The first-order valence-corrected chi connectivity index (χ1v) is 3.86. The van der Waals surface area contributed by atoms with E-state index in [-0.39, 0.29) is 11.3 Å². The van der Waals surface area contributed by atoms with Crippen LogP contribution in [0.3, 0.4) is 0 Å². The molecule has 0 fully saturated rings. The number of nitrogens with zero attached hydrogens (tertiary/aromatic N) is 1. The zero-order valence-electron chi connectivity index (χ0n) is 7.65. The van der Waals surface area contributed by atoms with Crippen LogP contribution in [-0.2, 0) is 0 Å². The Bertz CT molecular complexity index is 433. The maximum atomic E-state index is 13.1. The van der Waals surface area contributed by atoms with Crippen molar-refractivity contribution in [3.05, 3.63) is 33.6 Å². The molecule has 2 N–H and O–H groups in total. The van der Waals surface area contributed by atoms with Crippen LogP contribution in [0.1, 0.15) is 5.56 Å². The van der Waals surface area contributed by atoms with E-state index in [1.54, 1.807) is 0 Å². The van der Waals surface area contributed by atoms with Crippen LogP contribution in [0.5, 0.6) is 0 Å². The first-order chi connectivity index (χ1) is 6.91. The number of nitro groups is 1. The monoisotopic (exact) mass is 214 g/mol. The molecule has 0 aliphatic carbocycles. The maximum absolute atomic E-state index is 13.1. The van der Waals surface area contributed by atoms with E-state index in [0.717, 1.165) is 12.1 Å². The van der Waals surface area contributed by atoms with Crippen molar-refractivity contribution in [2.24, 2.45) is 0 Å². The van der Waals surface area contributed by atoms with Crippen molar-refractivity contribution in [1.82, 2.24) is 0 Å². The summed E-state index contributed by atoms with van der Waals surface area (Å²) >= 11 is 0. The third-order valence-electron chi connectivity index (χ3n) is 1.76. The quantitative estimate of drug-likeness (QED) is 0.582. The van der Waals surface area contributed by atoms with Crippen molar-refractivity contribution in [3.63, 3.8) is 0 Å². The van der Waals surface area contributed by atoms with Crippen molar-refractivity contribution >= 4 is 17.5 Å². The van der Waals surface area contributed by atoms with Crippen molar-refractivity contribution in [2.45, 2.75) is 6.92 Å². The summed E-state index contributed by atoms with van der Waals surface area (Å²) in [4.78, 5) is 19.9. The summed E-state index contributed by atoms with van der Waals surface area (Å²) in [6.45, 7) is 1.25. The van der Waals surface area contributed by atoms with Crippen LogP contribution < -0.4 is 5.32 Å². The fourth-order valence-corrected chi connectivity index (χ4v) is 1.05. The molecule has 0 unspecified atom stereocenters. The molecule has 0 saturated carbocycles. The summed E-state index contributed by atoms with van der Waals surface area (Å²) in [5.74, 6) is -0.826. The Morgan fingerprint density at radius 1 is 1.60 bits per heavy atom. The molecule has 80 valence electrons. The highest BCUT2D eigenvalue weighted by atomic mass is 19.1. The Kier molecular flexibility index (Phi) is 2.84. The van der Waals surface area contributed by atoms with Crippen LogP contribution >= 0.6 is 0 Å². The molecule has 7 heteroatoms. The predicted octanol–water partition coefficient (Wildman–Crippen LogP) is 2.13. The summed E-state index contributed by atoms with van der Waals surface area (Å²) in [5, 5.41) is 20.7. The summed E-state index contributed by atoms with van der Waals surface area (Å²) in [6, 6.07) is 1.85. The van der Waals surface area contributed by atoms with Gasteiger partial charge in [0.15, 0.2) is 0 Å². The average molecular weight is 214 g/mol. The number of hydrogen-bond acceptors (Lipinski definition) is 3. The smallest absolute Gasteiger partial charge is 0.409 e. The van der Waals surface area contributed by atoms with Crippen molar-refractivity contribution in [1.29, 1.82) is 0 Å². The van der Waals surface area contributed by atoms with Gasteiger partial charge in [0.25, 0.3) is 5.69 Å². The number of benzene rings is 1. The summed E-state index contributed by atoms with van der Waals surface area (Å²) in [7, 11) is 0. The van der Waals surface area contributed by atoms with E-state index in [4.69, 9.17) is 5.11 Å². The number of nitro benzene ring substituents is 1. The third kappa shape index (κ3) is 2.39. The molecule has 0 spiro atoms. The minimum Gasteiger partial charge on any atom is -0.465 e. The van der Waals surface area contributed by atoms with Crippen LogP contribution in [0, 0.1) is 22.9 Å². The molecular formula is C8H7FN2O4. The van der Waals surface area contributed by atoms with Gasteiger partial charge in [-0.15, -0.1) is 0 Å². The van der Waals surface area contributed by atoms with Gasteiger partial charge in [-0.1, -0.05) is 0 Å². The Balaban J connectivity index is 3.23. The Hall–Kier alpha value is -2.18. The van der Waals surface area contributed by atoms with Gasteiger partial charge in [-0.3, -0.25) is 15.4 Å². The first kappa shape index (κ1) is 10.9. The molecular weight excluding hydrogens is 207 g/mol. The molecule has 15 heavy (non-hydrogen) atoms. The van der Waals surface area contributed by atoms with Gasteiger partial charge in [0.1, 0.15) is 5.82 Å². The van der Waals surface area contributed by atoms with Crippen LogP contribution in [0.15, 0.2) is 12.1 Å². The minimum atomic E-state index is -1.41. The normalized spacial score (nSPS) is 9.73. The van der Waals surface area contributed by atoms with E-state index in [9.17, 15) is 19.3 Å². The second kappa shape index (κ2) is 3.91. The highest BCUT2D eigenvalue weighted by Gasteiger charge is 2.16. The standard InChI is InChI=1S/C8H7FN2O4/c1-4-6(9)2-5(10-8(12)13)3-7(4)11(14)15/h2-3,10H,1H3,(H,12,13). The van der Waals surface area contributed by atoms with Gasteiger partial charge < -0.3 is 5.11 Å². The van der Waals surface area contributed by atoms with Crippen LogP contribution in [0.2, 0.25) is 0 Å². The van der Waals surface area contributed by atoms with Crippen LogP contribution in [-0.4, -0.2) is 16.1 Å². The largest absolute Gasteiger partial charge is 0.465 e. The number of carbonyl (C=O) groups is 1. The molecule has 1 rings (SSSR count). The van der Waals surface area contributed by atoms with Crippen molar-refractivity contribution in [2.75, 3.05) is 5.32 Å². The van der Waals surface area contributed by atoms with E-state index in [2.05, 4.69) is 0 Å². The third-order valence-corrected chi connectivity index (χ3v) is 1.76. The maximum Gasteiger partial charge on any atom is 0.409 e. The SMILES string of the molecule is Cc1c(F)cc(NC(=O)O)cc1[N+](=O)[O-]. The lowest BCUT2D eigenvalue weighted by Gasteiger charge is -2.03. The second-order valence-electron chi connectivity index (χ2n) is 2.79. The molecule has 0 aromatic heterocycles. The van der Waals surface area contributed by atoms with Gasteiger partial charge in [0.05, 0.1) is 16.2 Å². The average Bonchev–Trinajstić information content (AvgIpc) is 2.09. The van der Waals surface area contributed by atoms with E-state index < -0.39 is 22.5 Å². The van der Waals surface area contributed by atoms with Crippen LogP contribution in [0.4, 0.5) is 20.6 Å². The molecule has 0 aliphatic rings. The Morgan fingerprint density at radius 2 is 2.20 bits per heavy atom. The zero-order valence-corrected chi connectivity index (χ0v) is 7.65. The number of rotatable bonds is 2. The Labute approximate surface area is 83.5 Å².